The van der Waals surface area contributed by atoms with E-state index in [9.17, 15) is 4.79 Å². The van der Waals surface area contributed by atoms with Crippen LogP contribution in [0.4, 0.5) is 0 Å². The van der Waals surface area contributed by atoms with Gasteiger partial charge in [-0.1, -0.05) is 13.8 Å². The van der Waals surface area contributed by atoms with Gasteiger partial charge in [-0.2, -0.15) is 5.26 Å². The molecule has 0 radical (unpaired) electrons. The Morgan fingerprint density at radius 2 is 2.07 bits per heavy atom. The summed E-state index contributed by atoms with van der Waals surface area (Å²) in [6.07, 6.45) is 0.493. The van der Waals surface area contributed by atoms with Crippen LogP contribution in [0.1, 0.15) is 27.2 Å². The Morgan fingerprint density at radius 3 is 2.53 bits per heavy atom. The van der Waals surface area contributed by atoms with E-state index in [-0.39, 0.29) is 11.8 Å². The number of nitrogens with zero attached hydrogens (tertiary/aromatic N) is 2. The third kappa shape index (κ3) is 6.92. The van der Waals surface area contributed by atoms with E-state index in [0.29, 0.717) is 25.6 Å². The SMILES string of the molecule is CC(C#N)CN(C)C(=O)CCNC(C)C. The number of hydrogen-bond acceptors (Lipinski definition) is 3. The van der Waals surface area contributed by atoms with Crippen molar-refractivity contribution >= 4 is 5.91 Å². The number of carbonyl (C=O) groups excluding carboxylic acids is 1. The van der Waals surface area contributed by atoms with Crippen LogP contribution in [0.15, 0.2) is 0 Å². The Balaban J connectivity index is 3.75. The lowest BCUT2D eigenvalue weighted by Gasteiger charge is -2.18. The zero-order chi connectivity index (χ0) is 11.8. The summed E-state index contributed by atoms with van der Waals surface area (Å²) in [7, 11) is 1.74. The highest BCUT2D eigenvalue weighted by molar-refractivity contribution is 5.76. The number of amides is 1. The lowest BCUT2D eigenvalue weighted by molar-refractivity contribution is -0.130. The minimum absolute atomic E-state index is 0.0882. The molecule has 0 aliphatic heterocycles. The van der Waals surface area contributed by atoms with E-state index in [1.54, 1.807) is 11.9 Å². The second kappa shape index (κ2) is 7.24. The number of nitrogens with one attached hydrogen (secondary N) is 1. The summed E-state index contributed by atoms with van der Waals surface area (Å²) in [5, 5.41) is 11.8. The van der Waals surface area contributed by atoms with Gasteiger partial charge in [0.05, 0.1) is 12.0 Å². The van der Waals surface area contributed by atoms with Gasteiger partial charge in [-0.15, -0.1) is 0 Å². The summed E-state index contributed by atoms with van der Waals surface area (Å²) < 4.78 is 0. The van der Waals surface area contributed by atoms with Gasteiger partial charge in [0.25, 0.3) is 0 Å². The van der Waals surface area contributed by atoms with Gasteiger partial charge < -0.3 is 10.2 Å². The number of rotatable bonds is 6. The van der Waals surface area contributed by atoms with Gasteiger partial charge in [0.15, 0.2) is 0 Å². The van der Waals surface area contributed by atoms with E-state index in [2.05, 4.69) is 11.4 Å². The fourth-order valence-electron chi connectivity index (χ4n) is 1.21. The summed E-state index contributed by atoms with van der Waals surface area (Å²) in [6, 6.07) is 2.52. The molecule has 0 aliphatic rings. The van der Waals surface area contributed by atoms with Crippen LogP contribution in [0.25, 0.3) is 0 Å². The molecule has 0 saturated carbocycles. The molecule has 0 spiro atoms. The predicted molar refractivity (Wildman–Crippen MR) is 60.2 cm³/mol. The van der Waals surface area contributed by atoms with Crippen molar-refractivity contribution in [2.75, 3.05) is 20.1 Å². The molecule has 4 heteroatoms. The standard InChI is InChI=1S/C11H21N3O/c1-9(2)13-6-5-11(15)14(4)8-10(3)7-12/h9-10,13H,5-6,8H2,1-4H3. The highest BCUT2D eigenvalue weighted by atomic mass is 16.2. The zero-order valence-corrected chi connectivity index (χ0v) is 10.1. The van der Waals surface area contributed by atoms with E-state index in [1.807, 2.05) is 20.8 Å². The fraction of sp³-hybridized carbons (Fsp3) is 0.818. The van der Waals surface area contributed by atoms with E-state index >= 15 is 0 Å². The van der Waals surface area contributed by atoms with E-state index in [4.69, 9.17) is 5.26 Å². The van der Waals surface area contributed by atoms with Crippen molar-refractivity contribution in [2.45, 2.75) is 33.2 Å². The van der Waals surface area contributed by atoms with Gasteiger partial charge in [-0.05, 0) is 6.92 Å². The fourth-order valence-corrected chi connectivity index (χ4v) is 1.21. The summed E-state index contributed by atoms with van der Waals surface area (Å²) in [6.45, 7) is 7.12. The van der Waals surface area contributed by atoms with Crippen molar-refractivity contribution in [3.8, 4) is 6.07 Å². The van der Waals surface area contributed by atoms with Crippen LogP contribution < -0.4 is 5.32 Å². The first-order valence-corrected chi connectivity index (χ1v) is 5.34. The first kappa shape index (κ1) is 13.9. The average Bonchev–Trinajstić information content (AvgIpc) is 2.16. The lowest BCUT2D eigenvalue weighted by atomic mass is 10.2. The van der Waals surface area contributed by atoms with Crippen molar-refractivity contribution in [3.63, 3.8) is 0 Å². The maximum Gasteiger partial charge on any atom is 0.223 e. The summed E-state index contributed by atoms with van der Waals surface area (Å²) in [4.78, 5) is 13.2. The molecule has 0 fully saturated rings. The van der Waals surface area contributed by atoms with Crippen LogP contribution in [0.2, 0.25) is 0 Å². The molecule has 1 atom stereocenters. The first-order valence-electron chi connectivity index (χ1n) is 5.34. The topological polar surface area (TPSA) is 56.1 Å². The quantitative estimate of drug-likeness (QED) is 0.713. The minimum Gasteiger partial charge on any atom is -0.344 e. The minimum atomic E-state index is -0.1000. The highest BCUT2D eigenvalue weighted by Crippen LogP contribution is 1.98. The average molecular weight is 211 g/mol. The summed E-state index contributed by atoms with van der Waals surface area (Å²) in [5.41, 5.74) is 0. The molecule has 0 aromatic rings. The van der Waals surface area contributed by atoms with Crippen LogP contribution in [-0.2, 0) is 4.79 Å². The van der Waals surface area contributed by atoms with E-state index in [0.717, 1.165) is 0 Å². The van der Waals surface area contributed by atoms with Crippen LogP contribution in [-0.4, -0.2) is 37.0 Å². The van der Waals surface area contributed by atoms with Crippen LogP contribution >= 0.6 is 0 Å². The molecule has 15 heavy (non-hydrogen) atoms. The lowest BCUT2D eigenvalue weighted by Crippen LogP contribution is -2.34. The number of hydrogen-bond donors (Lipinski definition) is 1. The van der Waals surface area contributed by atoms with Gasteiger partial charge in [0.1, 0.15) is 0 Å². The van der Waals surface area contributed by atoms with Gasteiger partial charge in [-0.3, -0.25) is 4.79 Å². The smallest absolute Gasteiger partial charge is 0.223 e. The Hall–Kier alpha value is -1.08. The third-order valence-electron chi connectivity index (χ3n) is 2.09. The first-order chi connectivity index (χ1) is 6.97. The summed E-state index contributed by atoms with van der Waals surface area (Å²) >= 11 is 0. The van der Waals surface area contributed by atoms with Crippen molar-refractivity contribution in [2.24, 2.45) is 5.92 Å². The van der Waals surface area contributed by atoms with E-state index < -0.39 is 0 Å². The van der Waals surface area contributed by atoms with Gasteiger partial charge in [-0.25, -0.2) is 0 Å². The molecule has 0 saturated heterocycles. The van der Waals surface area contributed by atoms with Crippen molar-refractivity contribution < 1.29 is 4.79 Å². The van der Waals surface area contributed by atoms with Crippen LogP contribution in [0.5, 0.6) is 0 Å². The molecule has 0 heterocycles. The number of nitriles is 1. The maximum absolute atomic E-state index is 11.6. The molecule has 0 bridgehead atoms. The van der Waals surface area contributed by atoms with Crippen LogP contribution in [0, 0.1) is 17.2 Å². The molecule has 1 N–H and O–H groups in total. The Kier molecular flexibility index (Phi) is 6.72. The van der Waals surface area contributed by atoms with Crippen molar-refractivity contribution in [3.05, 3.63) is 0 Å². The maximum atomic E-state index is 11.6. The molecule has 0 aromatic carbocycles. The molecular weight excluding hydrogens is 190 g/mol. The largest absolute Gasteiger partial charge is 0.344 e. The summed E-state index contributed by atoms with van der Waals surface area (Å²) in [5.74, 6) is -0.0118. The molecule has 1 unspecified atom stereocenters. The molecule has 1 amide bonds. The predicted octanol–water partition coefficient (Wildman–Crippen LogP) is 0.993. The highest BCUT2D eigenvalue weighted by Gasteiger charge is 2.11. The zero-order valence-electron chi connectivity index (χ0n) is 10.1. The number of carbonyl (C=O) groups is 1. The van der Waals surface area contributed by atoms with E-state index in [1.165, 1.54) is 0 Å². The van der Waals surface area contributed by atoms with Gasteiger partial charge >= 0.3 is 0 Å². The van der Waals surface area contributed by atoms with Gasteiger partial charge in [0, 0.05) is 32.6 Å². The van der Waals surface area contributed by atoms with Crippen molar-refractivity contribution in [1.29, 1.82) is 5.26 Å². The molecule has 86 valence electrons. The monoisotopic (exact) mass is 211 g/mol. The Morgan fingerprint density at radius 1 is 1.47 bits per heavy atom. The Labute approximate surface area is 92.3 Å². The molecule has 0 aromatic heterocycles. The Bertz CT molecular complexity index is 232. The van der Waals surface area contributed by atoms with Crippen molar-refractivity contribution in [1.82, 2.24) is 10.2 Å². The molecular formula is C11H21N3O. The van der Waals surface area contributed by atoms with Gasteiger partial charge in [0.2, 0.25) is 5.91 Å². The second-order valence-corrected chi connectivity index (χ2v) is 4.16. The molecule has 0 aliphatic carbocycles. The third-order valence-corrected chi connectivity index (χ3v) is 2.09. The molecule has 0 rings (SSSR count). The molecule has 4 nitrogen and oxygen atoms in total. The normalized spacial score (nSPS) is 12.3. The second-order valence-electron chi connectivity index (χ2n) is 4.16. The van der Waals surface area contributed by atoms with Crippen LogP contribution in [0.3, 0.4) is 0 Å².